The summed E-state index contributed by atoms with van der Waals surface area (Å²) in [4.78, 5) is 37.6. The lowest BCUT2D eigenvalue weighted by atomic mass is 9.45. The lowest BCUT2D eigenvalue weighted by molar-refractivity contribution is -0.175. The Balaban J connectivity index is 1.56. The number of hydroxylamine groups is 2. The first kappa shape index (κ1) is 42.5. The first-order valence-corrected chi connectivity index (χ1v) is 19.4. The third kappa shape index (κ3) is 9.91. The van der Waals surface area contributed by atoms with E-state index in [1.807, 2.05) is 57.4 Å². The maximum absolute atomic E-state index is 14.2. The fourth-order valence-corrected chi connectivity index (χ4v) is 9.08. The van der Waals surface area contributed by atoms with Gasteiger partial charge in [0.2, 0.25) is 11.8 Å². The van der Waals surface area contributed by atoms with Crippen LogP contribution in [0.3, 0.4) is 0 Å². The zero-order valence-corrected chi connectivity index (χ0v) is 34.2. The molecule has 1 aromatic carbocycles. The molecule has 1 saturated heterocycles. The molecule has 2 amide bonds. The van der Waals surface area contributed by atoms with E-state index in [1.54, 1.807) is 31.2 Å². The van der Waals surface area contributed by atoms with Crippen molar-refractivity contribution < 1.29 is 24.3 Å². The summed E-state index contributed by atoms with van der Waals surface area (Å²) in [7, 11) is 9.47. The summed E-state index contributed by atoms with van der Waals surface area (Å²) in [6, 6.07) is 5.20. The fourth-order valence-electron chi connectivity index (χ4n) is 9.08. The predicted molar refractivity (Wildman–Crippen MR) is 212 cm³/mol. The number of hydrogen-bond acceptors (Lipinski definition) is 9. The third-order valence-corrected chi connectivity index (χ3v) is 12.0. The molecule has 0 unspecified atom stereocenters. The highest BCUT2D eigenvalue weighted by atomic mass is 16.7. The van der Waals surface area contributed by atoms with Crippen LogP contribution in [0.15, 0.2) is 48.7 Å². The summed E-state index contributed by atoms with van der Waals surface area (Å²) in [6.07, 6.45) is 7.01. The van der Waals surface area contributed by atoms with Crippen molar-refractivity contribution in [1.29, 1.82) is 0 Å². The van der Waals surface area contributed by atoms with Crippen molar-refractivity contribution in [1.82, 2.24) is 25.5 Å². The van der Waals surface area contributed by atoms with Crippen molar-refractivity contribution in [2.45, 2.75) is 97.7 Å². The van der Waals surface area contributed by atoms with Crippen molar-refractivity contribution in [2.75, 3.05) is 48.4 Å². The molecular formula is C42H68N6O5. The summed E-state index contributed by atoms with van der Waals surface area (Å²) >= 11 is 0. The second-order valence-electron chi connectivity index (χ2n) is 17.2. The Hall–Kier alpha value is -3.22. The normalized spacial score (nSPS) is 28.1. The number of rotatable bonds is 17. The van der Waals surface area contributed by atoms with Crippen LogP contribution in [-0.4, -0.2) is 111 Å². The number of ether oxygens (including phenoxy) is 1. The van der Waals surface area contributed by atoms with Gasteiger partial charge in [-0.1, -0.05) is 59.4 Å². The van der Waals surface area contributed by atoms with E-state index in [-0.39, 0.29) is 37.0 Å². The average Bonchev–Trinajstić information content (AvgIpc) is 3.44. The third-order valence-electron chi connectivity index (χ3n) is 12.0. The Kier molecular flexibility index (Phi) is 14.4. The highest BCUT2D eigenvalue weighted by molar-refractivity contribution is 5.88. The molecule has 2 bridgehead atoms. The van der Waals surface area contributed by atoms with E-state index >= 15 is 0 Å². The van der Waals surface area contributed by atoms with Crippen LogP contribution in [0.4, 0.5) is 0 Å². The number of hydrogen-bond donors (Lipinski definition) is 4. The minimum absolute atomic E-state index is 0.0472. The van der Waals surface area contributed by atoms with Crippen LogP contribution in [0.1, 0.15) is 71.9 Å². The number of para-hydroxylation sites is 1. The minimum Gasteiger partial charge on any atom is -0.496 e. The SMILES string of the molecule is C=C(/C=C(\C=C\C(=O)N[C@H](CC(C)C)CN(C)C)N(C)C)c1cccc(CN2O[C@@H](CN)[C@@H]([C@H](C)O)[C@H]2C(=O)N[C@H]2C[C@@H]3C[C@H]([C@@H]2C)C3(C)C)c1OC. The number of carbonyl (C=O) groups excluding carboxylic acids is 2. The molecule has 1 aromatic rings. The standard InChI is InChI=1S/C42H68N6O5/c1-25(2)18-31(24-46(8)9)44-37(50)17-16-32(47(10)11)19-26(3)33-15-13-14-29(40(33)52-12)23-48-39(38(28(5)49)36(22-43)53-48)41(51)45-35-21-30-20-34(27(35)4)42(30,6)7/h13-17,19,25,27-28,30-31,34-36,38-39,49H,3,18,20-24,43H2,1-2,4-12H3,(H,44,50)(H,45,51)/b17-16+,32-19+/t27-,28-,30-,31+,34+,35-,36-,38+,39-/m0/s1. The largest absolute Gasteiger partial charge is 0.496 e. The van der Waals surface area contributed by atoms with Gasteiger partial charge in [-0.25, -0.2) is 0 Å². The van der Waals surface area contributed by atoms with E-state index in [0.717, 1.165) is 36.2 Å². The van der Waals surface area contributed by atoms with Crippen LogP contribution < -0.4 is 21.1 Å². The predicted octanol–water partition coefficient (Wildman–Crippen LogP) is 4.43. The second-order valence-corrected chi connectivity index (χ2v) is 17.2. The molecule has 3 aliphatic carbocycles. The molecular weight excluding hydrogens is 668 g/mol. The van der Waals surface area contributed by atoms with Crippen LogP contribution >= 0.6 is 0 Å². The maximum Gasteiger partial charge on any atom is 0.244 e. The van der Waals surface area contributed by atoms with Gasteiger partial charge in [-0.05, 0) is 87.1 Å². The molecule has 1 heterocycles. The van der Waals surface area contributed by atoms with Gasteiger partial charge in [0.05, 0.1) is 25.9 Å². The molecule has 9 atom stereocenters. The zero-order valence-electron chi connectivity index (χ0n) is 34.2. The van der Waals surface area contributed by atoms with Crippen molar-refractivity contribution in [3.63, 3.8) is 0 Å². The van der Waals surface area contributed by atoms with Crippen LogP contribution in [0, 0.1) is 35.0 Å². The van der Waals surface area contributed by atoms with Crippen LogP contribution in [-0.2, 0) is 21.0 Å². The summed E-state index contributed by atoms with van der Waals surface area (Å²) in [5.41, 5.74) is 9.51. The van der Waals surface area contributed by atoms with E-state index in [1.165, 1.54) is 6.42 Å². The number of nitrogens with two attached hydrogens (primary N) is 1. The summed E-state index contributed by atoms with van der Waals surface area (Å²) in [6.45, 7) is 18.5. The summed E-state index contributed by atoms with van der Waals surface area (Å²) in [5, 5.41) is 19.2. The number of nitrogens with zero attached hydrogens (tertiary/aromatic N) is 3. The fraction of sp³-hybridized carbons (Fsp3) is 0.667. The molecule has 5 N–H and O–H groups in total. The van der Waals surface area contributed by atoms with Gasteiger partial charge in [-0.3, -0.25) is 14.4 Å². The monoisotopic (exact) mass is 737 g/mol. The minimum atomic E-state index is -0.813. The Labute approximate surface area is 319 Å². The quantitative estimate of drug-likeness (QED) is 0.136. The molecule has 11 nitrogen and oxygen atoms in total. The average molecular weight is 737 g/mol. The van der Waals surface area contributed by atoms with Gasteiger partial charge in [0, 0.05) is 68.1 Å². The van der Waals surface area contributed by atoms with Gasteiger partial charge in [0.15, 0.2) is 0 Å². The molecule has 0 spiro atoms. The molecule has 0 radical (unpaired) electrons. The molecule has 4 aliphatic rings. The molecule has 0 aromatic heterocycles. The first-order chi connectivity index (χ1) is 24.9. The second kappa shape index (κ2) is 17.9. The van der Waals surface area contributed by atoms with Gasteiger partial charge >= 0.3 is 0 Å². The van der Waals surface area contributed by atoms with E-state index in [2.05, 4.69) is 56.7 Å². The van der Waals surface area contributed by atoms with E-state index in [0.29, 0.717) is 40.4 Å². The van der Waals surface area contributed by atoms with Gasteiger partial charge in [0.25, 0.3) is 0 Å². The molecule has 296 valence electrons. The maximum atomic E-state index is 14.2. The Morgan fingerprint density at radius 3 is 2.42 bits per heavy atom. The smallest absolute Gasteiger partial charge is 0.244 e. The highest BCUT2D eigenvalue weighted by Crippen LogP contribution is 2.61. The number of fused-ring (bicyclic) bond motifs is 2. The van der Waals surface area contributed by atoms with Crippen molar-refractivity contribution in [2.24, 2.45) is 40.7 Å². The summed E-state index contributed by atoms with van der Waals surface area (Å²) in [5.74, 6) is 1.80. The van der Waals surface area contributed by atoms with Crippen LogP contribution in [0.5, 0.6) is 5.75 Å². The zero-order chi connectivity index (χ0) is 39.4. The van der Waals surface area contributed by atoms with E-state index in [9.17, 15) is 14.7 Å². The number of allylic oxidation sites excluding steroid dienone is 3. The lowest BCUT2D eigenvalue weighted by Gasteiger charge is -2.62. The van der Waals surface area contributed by atoms with Crippen molar-refractivity contribution in [3.05, 3.63) is 59.8 Å². The van der Waals surface area contributed by atoms with Crippen LogP contribution in [0.2, 0.25) is 0 Å². The number of nitrogens with one attached hydrogen (secondary N) is 2. The van der Waals surface area contributed by atoms with Crippen molar-refractivity contribution in [3.8, 4) is 5.75 Å². The highest BCUT2D eigenvalue weighted by Gasteiger charge is 2.57. The van der Waals surface area contributed by atoms with Gasteiger partial charge < -0.3 is 36.0 Å². The molecule has 5 rings (SSSR count). The first-order valence-electron chi connectivity index (χ1n) is 19.4. The number of benzene rings is 1. The molecule has 11 heteroatoms. The number of methoxy groups -OCH3 is 1. The number of aliphatic hydroxyl groups is 1. The molecule has 53 heavy (non-hydrogen) atoms. The Bertz CT molecular complexity index is 1490. The van der Waals surface area contributed by atoms with Gasteiger partial charge in [-0.2, -0.15) is 5.06 Å². The Morgan fingerprint density at radius 1 is 1.17 bits per heavy atom. The lowest BCUT2D eigenvalue weighted by Crippen LogP contribution is -2.62. The van der Waals surface area contributed by atoms with E-state index in [4.69, 9.17) is 15.3 Å². The molecule has 4 fully saturated rings. The number of aliphatic hydroxyl groups excluding tert-OH is 1. The Morgan fingerprint density at radius 2 is 1.87 bits per heavy atom. The molecule has 3 saturated carbocycles. The van der Waals surface area contributed by atoms with E-state index < -0.39 is 24.2 Å². The van der Waals surface area contributed by atoms with Gasteiger partial charge in [-0.15, -0.1) is 0 Å². The number of carbonyl (C=O) groups is 2. The number of amides is 2. The number of likely N-dealkylation sites (N-methyl/N-ethyl adjacent to an activating group) is 2. The van der Waals surface area contributed by atoms with Gasteiger partial charge in [0.1, 0.15) is 11.8 Å². The summed E-state index contributed by atoms with van der Waals surface area (Å²) < 4.78 is 6.00. The molecule has 1 aliphatic heterocycles. The topological polar surface area (TPSA) is 133 Å². The van der Waals surface area contributed by atoms with Crippen LogP contribution in [0.25, 0.3) is 5.57 Å². The van der Waals surface area contributed by atoms with Crippen molar-refractivity contribution >= 4 is 17.4 Å².